The Morgan fingerprint density at radius 2 is 1.76 bits per heavy atom. The van der Waals surface area contributed by atoms with Crippen LogP contribution in [0, 0.1) is 0 Å². The molecule has 3 amide bonds. The van der Waals surface area contributed by atoms with Crippen molar-refractivity contribution in [1.82, 2.24) is 15.2 Å². The number of thiophene rings is 1. The van der Waals surface area contributed by atoms with Crippen molar-refractivity contribution in [3.05, 3.63) is 70.4 Å². The van der Waals surface area contributed by atoms with Gasteiger partial charge in [-0.3, -0.25) is 14.4 Å². The molecule has 1 aliphatic carbocycles. The topological polar surface area (TPSA) is 82.6 Å². The van der Waals surface area contributed by atoms with Crippen molar-refractivity contribution in [1.29, 1.82) is 0 Å². The van der Waals surface area contributed by atoms with Crippen LogP contribution in [0.15, 0.2) is 48.5 Å². The monoisotopic (exact) mass is 514 g/mol. The van der Waals surface area contributed by atoms with Crippen LogP contribution in [0.2, 0.25) is 0 Å². The summed E-state index contributed by atoms with van der Waals surface area (Å²) in [6.45, 7) is 3.58. The van der Waals surface area contributed by atoms with Crippen molar-refractivity contribution in [2.45, 2.75) is 51.0 Å². The highest BCUT2D eigenvalue weighted by molar-refractivity contribution is 7.17. The Hall–Kier alpha value is -3.52. The predicted molar refractivity (Wildman–Crippen MR) is 144 cm³/mol. The number of nitrogens with zero attached hydrogens (tertiary/aromatic N) is 3. The summed E-state index contributed by atoms with van der Waals surface area (Å²) >= 11 is 1.51. The molecule has 0 bridgehead atoms. The molecule has 2 aliphatic heterocycles. The molecule has 3 aromatic rings. The normalized spacial score (nSPS) is 17.5. The average molecular weight is 515 g/mol. The molecule has 190 valence electrons. The van der Waals surface area contributed by atoms with Crippen molar-refractivity contribution in [2.24, 2.45) is 0 Å². The van der Waals surface area contributed by atoms with E-state index in [4.69, 9.17) is 4.98 Å². The number of piperidine rings is 1. The Kier molecular flexibility index (Phi) is 6.28. The minimum absolute atomic E-state index is 0.00105. The molecule has 7 nitrogen and oxygen atoms in total. The summed E-state index contributed by atoms with van der Waals surface area (Å²) in [4.78, 5) is 48.5. The first-order chi connectivity index (χ1) is 18.0. The molecular formula is C29H30N4O3S. The minimum Gasteiger partial charge on any atom is -0.349 e. The Bertz CT molecular complexity index is 1370. The number of rotatable bonds is 4. The number of hydrogen-bond acceptors (Lipinski definition) is 5. The quantitative estimate of drug-likeness (QED) is 0.550. The van der Waals surface area contributed by atoms with Gasteiger partial charge in [-0.2, -0.15) is 0 Å². The van der Waals surface area contributed by atoms with Gasteiger partial charge in [-0.05, 0) is 61.9 Å². The second kappa shape index (κ2) is 9.74. The second-order valence-electron chi connectivity index (χ2n) is 10.2. The van der Waals surface area contributed by atoms with Crippen LogP contribution < -0.4 is 10.2 Å². The Balaban J connectivity index is 1.26. The summed E-state index contributed by atoms with van der Waals surface area (Å²) in [6, 6.07) is 16.0. The van der Waals surface area contributed by atoms with Gasteiger partial charge in [0, 0.05) is 54.7 Å². The maximum atomic E-state index is 13.8. The number of nitrogens with one attached hydrogen (secondary N) is 1. The summed E-state index contributed by atoms with van der Waals surface area (Å²) in [5.74, 6) is 0.241. The van der Waals surface area contributed by atoms with E-state index in [9.17, 15) is 14.4 Å². The lowest BCUT2D eigenvalue weighted by molar-refractivity contribution is -0.129. The molecule has 37 heavy (non-hydrogen) atoms. The number of fused-ring (bicyclic) bond motifs is 3. The lowest BCUT2D eigenvalue weighted by atomic mass is 9.93. The van der Waals surface area contributed by atoms with Gasteiger partial charge in [-0.15, -0.1) is 11.3 Å². The van der Waals surface area contributed by atoms with Crippen LogP contribution >= 0.6 is 11.3 Å². The molecule has 1 saturated heterocycles. The number of hydrogen-bond donors (Lipinski definition) is 1. The van der Waals surface area contributed by atoms with Gasteiger partial charge in [0.2, 0.25) is 5.91 Å². The van der Waals surface area contributed by atoms with Gasteiger partial charge in [0.1, 0.15) is 5.69 Å². The van der Waals surface area contributed by atoms with Crippen molar-refractivity contribution in [3.63, 3.8) is 0 Å². The van der Waals surface area contributed by atoms with E-state index in [2.05, 4.69) is 5.32 Å². The first-order valence-electron chi connectivity index (χ1n) is 13.0. The number of likely N-dealkylation sites (tertiary alicyclic amines) is 1. The third-order valence-electron chi connectivity index (χ3n) is 7.58. The summed E-state index contributed by atoms with van der Waals surface area (Å²) in [5.41, 5.74) is 4.29. The van der Waals surface area contributed by atoms with E-state index < -0.39 is 0 Å². The smallest absolute Gasteiger partial charge is 0.276 e. The maximum Gasteiger partial charge on any atom is 0.276 e. The first-order valence-corrected chi connectivity index (χ1v) is 13.9. The summed E-state index contributed by atoms with van der Waals surface area (Å²) < 4.78 is 0. The molecule has 0 unspecified atom stereocenters. The van der Waals surface area contributed by atoms with E-state index >= 15 is 0 Å². The van der Waals surface area contributed by atoms with E-state index in [1.165, 1.54) is 11.3 Å². The predicted octanol–water partition coefficient (Wildman–Crippen LogP) is 4.63. The lowest BCUT2D eigenvalue weighted by Gasteiger charge is -2.31. The zero-order valence-electron chi connectivity index (χ0n) is 20.9. The fourth-order valence-corrected chi connectivity index (χ4v) is 6.48. The zero-order valence-corrected chi connectivity index (χ0v) is 21.7. The van der Waals surface area contributed by atoms with Gasteiger partial charge in [0.25, 0.3) is 11.8 Å². The average Bonchev–Trinajstić information content (AvgIpc) is 3.67. The van der Waals surface area contributed by atoms with E-state index in [1.807, 2.05) is 52.3 Å². The number of para-hydroxylation sites is 1. The summed E-state index contributed by atoms with van der Waals surface area (Å²) in [5, 5.41) is 3.09. The second-order valence-corrected chi connectivity index (χ2v) is 11.2. The van der Waals surface area contributed by atoms with Crippen molar-refractivity contribution < 1.29 is 14.4 Å². The molecule has 3 aliphatic rings. The molecule has 0 spiro atoms. The molecule has 0 radical (unpaired) electrons. The van der Waals surface area contributed by atoms with E-state index in [0.29, 0.717) is 24.7 Å². The van der Waals surface area contributed by atoms with Crippen molar-refractivity contribution in [3.8, 4) is 10.4 Å². The van der Waals surface area contributed by atoms with Crippen LogP contribution in [0.3, 0.4) is 0 Å². The minimum atomic E-state index is -0.114. The molecule has 2 fully saturated rings. The lowest BCUT2D eigenvalue weighted by Crippen LogP contribution is -2.36. The van der Waals surface area contributed by atoms with Gasteiger partial charge < -0.3 is 15.1 Å². The van der Waals surface area contributed by atoms with Gasteiger partial charge in [0.15, 0.2) is 0 Å². The third-order valence-corrected chi connectivity index (χ3v) is 8.79. The first kappa shape index (κ1) is 23.9. The zero-order chi connectivity index (χ0) is 25.5. The number of carbonyl (C=O) groups excluding carboxylic acids is 3. The van der Waals surface area contributed by atoms with E-state index in [-0.39, 0.29) is 23.6 Å². The van der Waals surface area contributed by atoms with Gasteiger partial charge in [0.05, 0.1) is 10.6 Å². The SMILES string of the molecule is CC(=O)N1CCC(c2cccc(C(=O)N3CCc4cc(C(=O)NC5CC5)sc4-c4ccccc43)n2)CC1. The van der Waals surface area contributed by atoms with Crippen LogP contribution in [-0.4, -0.2) is 53.3 Å². The van der Waals surface area contributed by atoms with Crippen LogP contribution in [0.25, 0.3) is 10.4 Å². The largest absolute Gasteiger partial charge is 0.349 e. The van der Waals surface area contributed by atoms with Crippen molar-refractivity contribution >= 4 is 34.7 Å². The molecule has 1 aromatic carbocycles. The molecule has 1 saturated carbocycles. The van der Waals surface area contributed by atoms with Crippen LogP contribution in [0.1, 0.15) is 69.9 Å². The van der Waals surface area contributed by atoms with Crippen molar-refractivity contribution in [2.75, 3.05) is 24.5 Å². The Morgan fingerprint density at radius 3 is 2.51 bits per heavy atom. The number of benzene rings is 1. The summed E-state index contributed by atoms with van der Waals surface area (Å²) in [6.07, 6.45) is 4.50. The molecule has 0 atom stereocenters. The van der Waals surface area contributed by atoms with E-state index in [0.717, 1.165) is 71.0 Å². The fraction of sp³-hybridized carbons (Fsp3) is 0.379. The number of carbonyl (C=O) groups is 3. The van der Waals surface area contributed by atoms with Gasteiger partial charge in [-0.1, -0.05) is 24.3 Å². The van der Waals surface area contributed by atoms with Crippen LogP contribution in [-0.2, 0) is 11.2 Å². The van der Waals surface area contributed by atoms with Crippen LogP contribution in [0.5, 0.6) is 0 Å². The number of anilines is 1. The molecule has 6 rings (SSSR count). The molecule has 1 N–H and O–H groups in total. The molecule has 2 aromatic heterocycles. The summed E-state index contributed by atoms with van der Waals surface area (Å²) in [7, 11) is 0. The van der Waals surface area contributed by atoms with Gasteiger partial charge in [-0.25, -0.2) is 4.98 Å². The van der Waals surface area contributed by atoms with Gasteiger partial charge >= 0.3 is 0 Å². The maximum absolute atomic E-state index is 13.8. The highest BCUT2D eigenvalue weighted by Crippen LogP contribution is 2.42. The fourth-order valence-electron chi connectivity index (χ4n) is 5.33. The molecule has 8 heteroatoms. The Morgan fingerprint density at radius 1 is 0.973 bits per heavy atom. The van der Waals surface area contributed by atoms with Crippen LogP contribution in [0.4, 0.5) is 5.69 Å². The third kappa shape index (κ3) is 4.78. The standard InChI is InChI=1S/C29H30N4O3S/c1-18(34)32-14-11-19(12-15-32)23-6-4-7-24(31-23)29(36)33-16-13-20-17-26(28(35)30-21-9-10-21)37-27(20)22-5-2-3-8-25(22)33/h2-8,17,19,21H,9-16H2,1H3,(H,30,35). The molecule has 4 heterocycles. The Labute approximate surface area is 220 Å². The van der Waals surface area contributed by atoms with E-state index in [1.54, 1.807) is 13.0 Å². The molecular weight excluding hydrogens is 484 g/mol. The number of amides is 3. The highest BCUT2D eigenvalue weighted by Gasteiger charge is 2.30. The number of pyridine rings is 1. The number of aromatic nitrogens is 1. The highest BCUT2D eigenvalue weighted by atomic mass is 32.1.